The van der Waals surface area contributed by atoms with E-state index in [1.165, 1.54) is 7.11 Å². The van der Waals surface area contributed by atoms with Gasteiger partial charge in [0.05, 0.1) is 13.7 Å². The first kappa shape index (κ1) is 11.9. The van der Waals surface area contributed by atoms with Crippen LogP contribution < -0.4 is 0 Å². The van der Waals surface area contributed by atoms with Gasteiger partial charge in [-0.25, -0.2) is 4.79 Å². The predicted molar refractivity (Wildman–Crippen MR) is 43.9 cm³/mol. The van der Waals surface area contributed by atoms with Gasteiger partial charge in [-0.15, -0.1) is 0 Å². The number of ether oxygens (including phenoxy) is 2. The van der Waals surface area contributed by atoms with Crippen LogP contribution in [0.3, 0.4) is 0 Å². The van der Waals surface area contributed by atoms with Crippen molar-refractivity contribution in [1.29, 1.82) is 0 Å². The Morgan fingerprint density at radius 1 is 1.46 bits per heavy atom. The second kappa shape index (κ2) is 6.42. The second-order valence-corrected chi connectivity index (χ2v) is 2.38. The summed E-state index contributed by atoms with van der Waals surface area (Å²) in [5.74, 6) is -1.16. The van der Waals surface area contributed by atoms with Crippen molar-refractivity contribution in [2.45, 2.75) is 25.9 Å². The molecule has 1 unspecified atom stereocenters. The lowest BCUT2D eigenvalue weighted by Crippen LogP contribution is -2.22. The highest BCUT2D eigenvalue weighted by molar-refractivity contribution is 5.75. The van der Waals surface area contributed by atoms with Crippen LogP contribution in [-0.2, 0) is 19.1 Å². The highest BCUT2D eigenvalue weighted by atomic mass is 16.5. The molecule has 5 heteroatoms. The second-order valence-electron chi connectivity index (χ2n) is 2.38. The third kappa shape index (κ3) is 5.19. The molecule has 0 bridgehead atoms. The van der Waals surface area contributed by atoms with Crippen LogP contribution in [-0.4, -0.2) is 36.9 Å². The first-order chi connectivity index (χ1) is 6.11. The average Bonchev–Trinajstić information content (AvgIpc) is 2.13. The first-order valence-corrected chi connectivity index (χ1v) is 4.03. The van der Waals surface area contributed by atoms with E-state index in [9.17, 15) is 9.59 Å². The Labute approximate surface area is 76.6 Å². The Hall–Kier alpha value is -1.10. The maximum Gasteiger partial charge on any atom is 0.334 e. The van der Waals surface area contributed by atoms with Crippen LogP contribution in [0.25, 0.3) is 0 Å². The number of esters is 2. The summed E-state index contributed by atoms with van der Waals surface area (Å²) in [6.45, 7) is 1.99. The minimum Gasteiger partial charge on any atom is -0.467 e. The Morgan fingerprint density at radius 2 is 2.08 bits per heavy atom. The fraction of sp³-hybridized carbons (Fsp3) is 0.750. The van der Waals surface area contributed by atoms with Gasteiger partial charge in [0, 0.05) is 6.42 Å². The maximum absolute atomic E-state index is 10.8. The number of hydrogen-bond donors (Lipinski definition) is 1. The van der Waals surface area contributed by atoms with Crippen molar-refractivity contribution in [3.8, 4) is 0 Å². The molecule has 0 aromatic rings. The minimum absolute atomic E-state index is 0.0180. The summed E-state index contributed by atoms with van der Waals surface area (Å²) in [6, 6.07) is 0. The number of rotatable bonds is 5. The Morgan fingerprint density at radius 3 is 2.54 bits per heavy atom. The monoisotopic (exact) mass is 190 g/mol. The highest BCUT2D eigenvalue weighted by Gasteiger charge is 2.16. The number of aliphatic hydroxyl groups excluding tert-OH is 1. The summed E-state index contributed by atoms with van der Waals surface area (Å²) >= 11 is 0. The van der Waals surface area contributed by atoms with Crippen molar-refractivity contribution in [1.82, 2.24) is 0 Å². The largest absolute Gasteiger partial charge is 0.467 e. The van der Waals surface area contributed by atoms with Gasteiger partial charge in [0.1, 0.15) is 0 Å². The van der Waals surface area contributed by atoms with Gasteiger partial charge in [0.25, 0.3) is 0 Å². The standard InChI is InChI=1S/C8H14O5/c1-3-13-7(10)5-4-6(9)8(11)12-2/h6,9H,3-5H2,1-2H3. The van der Waals surface area contributed by atoms with Gasteiger partial charge in [-0.05, 0) is 13.3 Å². The van der Waals surface area contributed by atoms with E-state index < -0.39 is 18.0 Å². The quantitative estimate of drug-likeness (QED) is 0.611. The van der Waals surface area contributed by atoms with E-state index in [4.69, 9.17) is 5.11 Å². The molecule has 0 heterocycles. The molecular formula is C8H14O5. The fourth-order valence-corrected chi connectivity index (χ4v) is 0.742. The molecule has 0 amide bonds. The molecule has 0 aromatic carbocycles. The molecule has 0 saturated heterocycles. The zero-order valence-electron chi connectivity index (χ0n) is 7.78. The molecule has 0 radical (unpaired) electrons. The zero-order valence-corrected chi connectivity index (χ0v) is 7.78. The third-order valence-electron chi connectivity index (χ3n) is 1.40. The molecule has 1 N–H and O–H groups in total. The molecule has 0 aliphatic rings. The summed E-state index contributed by atoms with van der Waals surface area (Å²) in [7, 11) is 1.18. The molecule has 1 atom stereocenters. The molecule has 0 aromatic heterocycles. The fourth-order valence-electron chi connectivity index (χ4n) is 0.742. The van der Waals surface area contributed by atoms with E-state index in [1.807, 2.05) is 0 Å². The van der Waals surface area contributed by atoms with Gasteiger partial charge in [-0.1, -0.05) is 0 Å². The predicted octanol–water partition coefficient (Wildman–Crippen LogP) is -0.136. The van der Waals surface area contributed by atoms with Crippen molar-refractivity contribution in [2.75, 3.05) is 13.7 Å². The normalized spacial score (nSPS) is 11.9. The Bertz CT molecular complexity index is 177. The molecule has 0 aliphatic carbocycles. The number of carbonyl (C=O) groups is 2. The number of methoxy groups -OCH3 is 1. The van der Waals surface area contributed by atoms with Crippen molar-refractivity contribution < 1.29 is 24.2 Å². The van der Waals surface area contributed by atoms with E-state index in [0.717, 1.165) is 0 Å². The van der Waals surface area contributed by atoms with Crippen molar-refractivity contribution in [3.63, 3.8) is 0 Å². The number of aliphatic hydroxyl groups is 1. The van der Waals surface area contributed by atoms with Crippen LogP contribution >= 0.6 is 0 Å². The minimum atomic E-state index is -1.24. The highest BCUT2D eigenvalue weighted by Crippen LogP contribution is 2.00. The van der Waals surface area contributed by atoms with Gasteiger partial charge in [0.15, 0.2) is 6.10 Å². The van der Waals surface area contributed by atoms with Gasteiger partial charge in [-0.3, -0.25) is 4.79 Å². The van der Waals surface area contributed by atoms with Crippen LogP contribution in [0, 0.1) is 0 Å². The van der Waals surface area contributed by atoms with E-state index in [2.05, 4.69) is 9.47 Å². The van der Waals surface area contributed by atoms with Crippen molar-refractivity contribution >= 4 is 11.9 Å². The molecule has 76 valence electrons. The smallest absolute Gasteiger partial charge is 0.334 e. The molecular weight excluding hydrogens is 176 g/mol. The van der Waals surface area contributed by atoms with E-state index >= 15 is 0 Å². The van der Waals surface area contributed by atoms with Crippen LogP contribution in [0.2, 0.25) is 0 Å². The zero-order chi connectivity index (χ0) is 10.3. The summed E-state index contributed by atoms with van der Waals surface area (Å²) in [6.07, 6.45) is -1.19. The Balaban J connectivity index is 3.63. The van der Waals surface area contributed by atoms with Gasteiger partial charge in [-0.2, -0.15) is 0 Å². The molecule has 13 heavy (non-hydrogen) atoms. The summed E-state index contributed by atoms with van der Waals surface area (Å²) in [5.41, 5.74) is 0. The van der Waals surface area contributed by atoms with Crippen molar-refractivity contribution in [2.24, 2.45) is 0 Å². The summed E-state index contributed by atoms with van der Waals surface area (Å²) < 4.78 is 8.87. The average molecular weight is 190 g/mol. The third-order valence-corrected chi connectivity index (χ3v) is 1.40. The van der Waals surface area contributed by atoms with E-state index in [0.29, 0.717) is 6.61 Å². The first-order valence-electron chi connectivity index (χ1n) is 4.03. The van der Waals surface area contributed by atoms with Crippen molar-refractivity contribution in [3.05, 3.63) is 0 Å². The van der Waals surface area contributed by atoms with E-state index in [1.54, 1.807) is 6.92 Å². The SMILES string of the molecule is CCOC(=O)CCC(O)C(=O)OC. The van der Waals surface area contributed by atoms with Gasteiger partial charge in [0.2, 0.25) is 0 Å². The van der Waals surface area contributed by atoms with E-state index in [-0.39, 0.29) is 12.8 Å². The molecule has 0 saturated carbocycles. The van der Waals surface area contributed by atoms with Gasteiger partial charge < -0.3 is 14.6 Å². The maximum atomic E-state index is 10.8. The van der Waals surface area contributed by atoms with Gasteiger partial charge >= 0.3 is 11.9 Å². The lowest BCUT2D eigenvalue weighted by molar-refractivity contribution is -0.152. The van der Waals surface area contributed by atoms with Crippen LogP contribution in [0.5, 0.6) is 0 Å². The lowest BCUT2D eigenvalue weighted by Gasteiger charge is -2.06. The van der Waals surface area contributed by atoms with Crippen LogP contribution in [0.1, 0.15) is 19.8 Å². The molecule has 0 aliphatic heterocycles. The molecule has 5 nitrogen and oxygen atoms in total. The Kier molecular flexibility index (Phi) is 5.88. The lowest BCUT2D eigenvalue weighted by atomic mass is 10.2. The molecule has 0 spiro atoms. The summed E-state index contributed by atoms with van der Waals surface area (Å²) in [5, 5.41) is 9.05. The number of hydrogen-bond acceptors (Lipinski definition) is 5. The van der Waals surface area contributed by atoms with Crippen LogP contribution in [0.15, 0.2) is 0 Å². The molecule has 0 rings (SSSR count). The van der Waals surface area contributed by atoms with Crippen LogP contribution in [0.4, 0.5) is 0 Å². The molecule has 0 fully saturated rings. The summed E-state index contributed by atoms with van der Waals surface area (Å²) in [4.78, 5) is 21.4. The number of carbonyl (C=O) groups excluding carboxylic acids is 2. The topological polar surface area (TPSA) is 72.8 Å².